The summed E-state index contributed by atoms with van der Waals surface area (Å²) in [5, 5.41) is 0. The summed E-state index contributed by atoms with van der Waals surface area (Å²) < 4.78 is 5.24. The van der Waals surface area contributed by atoms with E-state index in [-0.39, 0.29) is 18.2 Å². The second-order valence-electron chi connectivity index (χ2n) is 7.00. The van der Waals surface area contributed by atoms with Crippen LogP contribution in [0.25, 0.3) is 0 Å². The molecule has 1 aliphatic rings. The van der Waals surface area contributed by atoms with Gasteiger partial charge in [-0.15, -0.1) is 0 Å². The largest absolute Gasteiger partial charge is 0.496 e. The van der Waals surface area contributed by atoms with Gasteiger partial charge in [0, 0.05) is 50.4 Å². The molecule has 154 valence electrons. The molecule has 1 heterocycles. The number of nitrogens with zero attached hydrogens (tertiary/aromatic N) is 2. The van der Waals surface area contributed by atoms with Crippen LogP contribution in [0, 0.1) is 0 Å². The maximum Gasteiger partial charge on any atom is 0.242 e. The molecule has 2 aromatic carbocycles. The van der Waals surface area contributed by atoms with Crippen LogP contribution in [0.15, 0.2) is 54.6 Å². The van der Waals surface area contributed by atoms with Crippen LogP contribution in [0.5, 0.6) is 5.75 Å². The number of rotatable bonds is 7. The van der Waals surface area contributed by atoms with Gasteiger partial charge in [0.1, 0.15) is 5.75 Å². The number of anilines is 1. The Morgan fingerprint density at radius 2 is 1.55 bits per heavy atom. The first-order valence-electron chi connectivity index (χ1n) is 9.87. The number of amides is 2. The summed E-state index contributed by atoms with van der Waals surface area (Å²) in [6.07, 6.45) is 0.492. The predicted molar refractivity (Wildman–Crippen MR) is 113 cm³/mol. The van der Waals surface area contributed by atoms with Gasteiger partial charge >= 0.3 is 0 Å². The Balaban J connectivity index is 1.34. The van der Waals surface area contributed by atoms with Gasteiger partial charge in [-0.25, -0.2) is 0 Å². The highest BCUT2D eigenvalue weighted by Crippen LogP contribution is 2.17. The number of hydrogen-bond acceptors (Lipinski definition) is 5. The fourth-order valence-corrected chi connectivity index (χ4v) is 3.40. The Kier molecular flexibility index (Phi) is 7.47. The summed E-state index contributed by atoms with van der Waals surface area (Å²) >= 11 is 0. The molecule has 1 fully saturated rings. The number of nitrogens with one attached hydrogen (secondary N) is 2. The van der Waals surface area contributed by atoms with E-state index >= 15 is 0 Å². The molecule has 2 aromatic rings. The van der Waals surface area contributed by atoms with E-state index in [4.69, 9.17) is 4.74 Å². The van der Waals surface area contributed by atoms with Crippen molar-refractivity contribution in [2.24, 2.45) is 0 Å². The third kappa shape index (κ3) is 6.22. The van der Waals surface area contributed by atoms with E-state index in [1.165, 1.54) is 5.69 Å². The Bertz CT molecular complexity index is 805. The zero-order valence-electron chi connectivity index (χ0n) is 16.8. The van der Waals surface area contributed by atoms with Crippen LogP contribution in [-0.2, 0) is 16.0 Å². The fraction of sp³-hybridized carbons (Fsp3) is 0.364. The Morgan fingerprint density at radius 3 is 2.28 bits per heavy atom. The van der Waals surface area contributed by atoms with Crippen LogP contribution in [0.3, 0.4) is 0 Å². The first kappa shape index (κ1) is 20.7. The van der Waals surface area contributed by atoms with Crippen LogP contribution >= 0.6 is 0 Å². The average molecular weight is 396 g/mol. The average Bonchev–Trinajstić information content (AvgIpc) is 2.77. The van der Waals surface area contributed by atoms with Crippen molar-refractivity contribution in [2.45, 2.75) is 12.8 Å². The Labute approximate surface area is 171 Å². The second kappa shape index (κ2) is 10.5. The molecule has 0 radical (unpaired) electrons. The van der Waals surface area contributed by atoms with Crippen molar-refractivity contribution >= 4 is 17.5 Å². The molecule has 0 bridgehead atoms. The molecule has 0 aliphatic carbocycles. The van der Waals surface area contributed by atoms with E-state index in [1.807, 2.05) is 36.4 Å². The molecule has 0 aromatic heterocycles. The summed E-state index contributed by atoms with van der Waals surface area (Å²) in [6.45, 7) is 4.41. The first-order chi connectivity index (χ1) is 14.2. The fourth-order valence-electron chi connectivity index (χ4n) is 3.40. The minimum Gasteiger partial charge on any atom is -0.496 e. The number of para-hydroxylation sites is 2. The molecule has 0 saturated carbocycles. The van der Waals surface area contributed by atoms with Crippen molar-refractivity contribution in [1.29, 1.82) is 0 Å². The van der Waals surface area contributed by atoms with E-state index in [2.05, 4.69) is 32.8 Å². The zero-order valence-corrected chi connectivity index (χ0v) is 16.8. The highest BCUT2D eigenvalue weighted by atomic mass is 16.5. The van der Waals surface area contributed by atoms with E-state index in [1.54, 1.807) is 13.2 Å². The van der Waals surface area contributed by atoms with Crippen molar-refractivity contribution in [3.63, 3.8) is 0 Å². The molecular weight excluding hydrogens is 368 g/mol. The first-order valence-corrected chi connectivity index (χ1v) is 9.87. The molecule has 1 saturated heterocycles. The molecule has 7 heteroatoms. The lowest BCUT2D eigenvalue weighted by molar-refractivity contribution is -0.128. The molecule has 3 rings (SSSR count). The van der Waals surface area contributed by atoms with Crippen molar-refractivity contribution in [1.82, 2.24) is 15.8 Å². The number of hydrogen-bond donors (Lipinski definition) is 2. The monoisotopic (exact) mass is 396 g/mol. The molecular formula is C22H28N4O3. The van der Waals surface area contributed by atoms with Gasteiger partial charge in [-0.05, 0) is 18.2 Å². The third-order valence-corrected chi connectivity index (χ3v) is 5.03. The van der Waals surface area contributed by atoms with Gasteiger partial charge < -0.3 is 9.64 Å². The van der Waals surface area contributed by atoms with Crippen LogP contribution in [-0.4, -0.2) is 56.5 Å². The lowest BCUT2D eigenvalue weighted by Gasteiger charge is -2.36. The van der Waals surface area contributed by atoms with E-state index in [0.29, 0.717) is 18.7 Å². The minimum atomic E-state index is -0.278. The van der Waals surface area contributed by atoms with Crippen molar-refractivity contribution in [3.8, 4) is 5.75 Å². The third-order valence-electron chi connectivity index (χ3n) is 5.03. The van der Waals surface area contributed by atoms with Gasteiger partial charge in [-0.1, -0.05) is 36.4 Å². The summed E-state index contributed by atoms with van der Waals surface area (Å²) in [4.78, 5) is 28.8. The molecule has 2 amide bonds. The van der Waals surface area contributed by atoms with E-state index < -0.39 is 0 Å². The second-order valence-corrected chi connectivity index (χ2v) is 7.00. The minimum absolute atomic E-state index is 0.145. The zero-order chi connectivity index (χ0) is 20.5. The molecule has 29 heavy (non-hydrogen) atoms. The van der Waals surface area contributed by atoms with E-state index in [9.17, 15) is 9.59 Å². The molecule has 0 atom stereocenters. The summed E-state index contributed by atoms with van der Waals surface area (Å²) in [6, 6.07) is 17.7. The van der Waals surface area contributed by atoms with Gasteiger partial charge in [-0.3, -0.25) is 25.3 Å². The number of piperazine rings is 1. The number of carbonyl (C=O) groups excluding carboxylic acids is 2. The predicted octanol–water partition coefficient (Wildman–Crippen LogP) is 1.60. The molecule has 0 spiro atoms. The van der Waals surface area contributed by atoms with Crippen molar-refractivity contribution in [2.75, 3.05) is 44.7 Å². The van der Waals surface area contributed by atoms with E-state index in [0.717, 1.165) is 31.7 Å². The molecule has 7 nitrogen and oxygen atoms in total. The number of carbonyl (C=O) groups is 2. The number of benzene rings is 2. The maximum absolute atomic E-state index is 12.1. The van der Waals surface area contributed by atoms with Crippen LogP contribution in [0.1, 0.15) is 12.0 Å². The Morgan fingerprint density at radius 1 is 0.897 bits per heavy atom. The summed E-state index contributed by atoms with van der Waals surface area (Å²) in [7, 11) is 1.57. The highest BCUT2D eigenvalue weighted by Gasteiger charge is 2.18. The highest BCUT2D eigenvalue weighted by molar-refractivity contribution is 5.83. The van der Waals surface area contributed by atoms with Gasteiger partial charge in [-0.2, -0.15) is 0 Å². The topological polar surface area (TPSA) is 73.9 Å². The van der Waals surface area contributed by atoms with Crippen LogP contribution in [0.2, 0.25) is 0 Å². The van der Waals surface area contributed by atoms with Crippen LogP contribution < -0.4 is 20.5 Å². The molecule has 0 unspecified atom stereocenters. The van der Waals surface area contributed by atoms with Crippen molar-refractivity contribution < 1.29 is 14.3 Å². The SMILES string of the molecule is COc1ccccc1CC(=O)NNC(=O)CCN1CCN(c2ccccc2)CC1. The summed E-state index contributed by atoms with van der Waals surface area (Å²) in [5.74, 6) is 0.187. The van der Waals surface area contributed by atoms with Gasteiger partial charge in [0.05, 0.1) is 13.5 Å². The number of methoxy groups -OCH3 is 1. The number of hydrazine groups is 1. The summed E-state index contributed by atoms with van der Waals surface area (Å²) in [5.41, 5.74) is 6.99. The normalized spacial score (nSPS) is 14.3. The lowest BCUT2D eigenvalue weighted by Crippen LogP contribution is -2.48. The van der Waals surface area contributed by atoms with Gasteiger partial charge in [0.2, 0.25) is 11.8 Å². The van der Waals surface area contributed by atoms with Gasteiger partial charge in [0.25, 0.3) is 0 Å². The van der Waals surface area contributed by atoms with Crippen LogP contribution in [0.4, 0.5) is 5.69 Å². The molecule has 1 aliphatic heterocycles. The standard InChI is InChI=1S/C22H28N4O3/c1-29-20-10-6-5-7-18(20)17-22(28)24-23-21(27)11-12-25-13-15-26(16-14-25)19-8-3-2-4-9-19/h2-10H,11-17H2,1H3,(H,23,27)(H,24,28). The van der Waals surface area contributed by atoms with Gasteiger partial charge in [0.15, 0.2) is 0 Å². The maximum atomic E-state index is 12.1. The Hall–Kier alpha value is -3.06. The van der Waals surface area contributed by atoms with Crippen molar-refractivity contribution in [3.05, 3.63) is 60.2 Å². The number of ether oxygens (including phenoxy) is 1. The lowest BCUT2D eigenvalue weighted by atomic mass is 10.1. The quantitative estimate of drug-likeness (QED) is 0.696. The smallest absolute Gasteiger partial charge is 0.242 e. The molecule has 2 N–H and O–H groups in total.